The van der Waals surface area contributed by atoms with Crippen LogP contribution in [0.2, 0.25) is 0 Å². The van der Waals surface area contributed by atoms with Crippen LogP contribution in [-0.2, 0) is 14.3 Å². The molecule has 3 heteroatoms. The Hall–Kier alpha value is -1.12. The van der Waals surface area contributed by atoms with Gasteiger partial charge in [-0.2, -0.15) is 0 Å². The number of esters is 1. The first kappa shape index (κ1) is 13.9. The molecule has 1 saturated carbocycles. The molecule has 96 valence electrons. The minimum Gasteiger partial charge on any atom is -0.458 e. The van der Waals surface area contributed by atoms with Crippen molar-refractivity contribution in [2.24, 2.45) is 5.92 Å². The number of ether oxygens (including phenoxy) is 1. The molecule has 1 aliphatic rings. The number of unbranched alkanes of at least 4 members (excludes halogenated alkanes) is 1. The van der Waals surface area contributed by atoms with Crippen LogP contribution in [-0.4, -0.2) is 17.9 Å². The van der Waals surface area contributed by atoms with E-state index in [0.717, 1.165) is 32.1 Å². The van der Waals surface area contributed by atoms with Crippen molar-refractivity contribution in [2.45, 2.75) is 58.5 Å². The summed E-state index contributed by atoms with van der Waals surface area (Å²) in [5.74, 6) is -0.198. The van der Waals surface area contributed by atoms with E-state index in [1.165, 1.54) is 0 Å². The molecule has 0 N–H and O–H groups in total. The van der Waals surface area contributed by atoms with Gasteiger partial charge in [0.2, 0.25) is 0 Å². The molecule has 1 rings (SSSR count). The molecule has 0 aromatic rings. The van der Waals surface area contributed by atoms with Crippen LogP contribution in [0.5, 0.6) is 0 Å². The van der Waals surface area contributed by atoms with Crippen molar-refractivity contribution < 1.29 is 14.3 Å². The molecule has 17 heavy (non-hydrogen) atoms. The van der Waals surface area contributed by atoms with Gasteiger partial charge in [-0.25, -0.2) is 4.79 Å². The monoisotopic (exact) mass is 238 g/mol. The van der Waals surface area contributed by atoms with Gasteiger partial charge in [0, 0.05) is 12.0 Å². The normalized spacial score (nSPS) is 21.3. The number of hydrogen-bond acceptors (Lipinski definition) is 3. The summed E-state index contributed by atoms with van der Waals surface area (Å²) in [6.07, 6.45) is 4.99. The van der Waals surface area contributed by atoms with E-state index in [1.807, 2.05) is 0 Å². The molecular weight excluding hydrogens is 216 g/mol. The predicted molar refractivity (Wildman–Crippen MR) is 66.6 cm³/mol. The maximum absolute atomic E-state index is 11.7. The van der Waals surface area contributed by atoms with E-state index < -0.39 is 0 Å². The Bertz CT molecular complexity index is 307. The van der Waals surface area contributed by atoms with E-state index in [2.05, 4.69) is 13.5 Å². The minimum absolute atomic E-state index is 0.0788. The van der Waals surface area contributed by atoms with Crippen molar-refractivity contribution in [1.29, 1.82) is 0 Å². The quantitative estimate of drug-likeness (QED) is 0.527. The number of Topliss-reactive ketones (excluding diaryl/α,β-unsaturated/α-hetero) is 1. The molecular formula is C14H22O3. The zero-order valence-corrected chi connectivity index (χ0v) is 10.8. The van der Waals surface area contributed by atoms with Crippen molar-refractivity contribution in [3.8, 4) is 0 Å². The fourth-order valence-corrected chi connectivity index (χ4v) is 2.22. The highest BCUT2D eigenvalue weighted by molar-refractivity contribution is 5.88. The molecule has 3 nitrogen and oxygen atoms in total. The molecule has 0 heterocycles. The maximum atomic E-state index is 11.7. The third-order valence-corrected chi connectivity index (χ3v) is 3.25. The Labute approximate surface area is 103 Å². The van der Waals surface area contributed by atoms with E-state index in [0.29, 0.717) is 12.0 Å². The second kappa shape index (κ2) is 6.58. The summed E-state index contributed by atoms with van der Waals surface area (Å²) in [4.78, 5) is 23.3. The van der Waals surface area contributed by atoms with Crippen LogP contribution in [0.1, 0.15) is 52.4 Å². The smallest absolute Gasteiger partial charge is 0.333 e. The average molecular weight is 238 g/mol. The summed E-state index contributed by atoms with van der Waals surface area (Å²) >= 11 is 0. The van der Waals surface area contributed by atoms with Gasteiger partial charge in [0.05, 0.1) is 5.92 Å². The average Bonchev–Trinajstić information content (AvgIpc) is 2.70. The summed E-state index contributed by atoms with van der Waals surface area (Å²) in [6.45, 7) is 7.30. The predicted octanol–water partition coefficient (Wildman–Crippen LogP) is 3.03. The highest BCUT2D eigenvalue weighted by Crippen LogP contribution is 2.29. The Balaban J connectivity index is 2.62. The van der Waals surface area contributed by atoms with Gasteiger partial charge >= 0.3 is 5.97 Å². The van der Waals surface area contributed by atoms with Crippen LogP contribution in [0.25, 0.3) is 0 Å². The van der Waals surface area contributed by atoms with E-state index in [9.17, 15) is 9.59 Å². The van der Waals surface area contributed by atoms with E-state index in [4.69, 9.17) is 4.74 Å². The molecule has 0 aromatic heterocycles. The first-order valence-corrected chi connectivity index (χ1v) is 6.45. The SMILES string of the molecule is C=C(C)C(=O)OC(CCCC)C1CCCC1=O. The topological polar surface area (TPSA) is 43.4 Å². The molecule has 0 spiro atoms. The number of hydrogen-bond donors (Lipinski definition) is 0. The fraction of sp³-hybridized carbons (Fsp3) is 0.714. The zero-order valence-electron chi connectivity index (χ0n) is 10.8. The largest absolute Gasteiger partial charge is 0.458 e. The number of rotatable bonds is 6. The Kier molecular flexibility index (Phi) is 5.39. The third-order valence-electron chi connectivity index (χ3n) is 3.25. The second-order valence-electron chi connectivity index (χ2n) is 4.83. The number of ketones is 1. The van der Waals surface area contributed by atoms with Gasteiger partial charge in [-0.15, -0.1) is 0 Å². The van der Waals surface area contributed by atoms with Crippen LogP contribution in [0.3, 0.4) is 0 Å². The summed E-state index contributed by atoms with van der Waals surface area (Å²) in [5, 5.41) is 0. The lowest BCUT2D eigenvalue weighted by atomic mass is 9.95. The van der Waals surface area contributed by atoms with E-state index in [-0.39, 0.29) is 23.8 Å². The van der Waals surface area contributed by atoms with Crippen LogP contribution in [0.4, 0.5) is 0 Å². The highest BCUT2D eigenvalue weighted by Gasteiger charge is 2.34. The van der Waals surface area contributed by atoms with Gasteiger partial charge < -0.3 is 4.74 Å². The molecule has 1 aliphatic carbocycles. The fourth-order valence-electron chi connectivity index (χ4n) is 2.22. The van der Waals surface area contributed by atoms with Gasteiger partial charge in [-0.05, 0) is 26.2 Å². The molecule has 0 aromatic carbocycles. The number of carbonyl (C=O) groups excluding carboxylic acids is 2. The van der Waals surface area contributed by atoms with Gasteiger partial charge in [-0.1, -0.05) is 26.3 Å². The van der Waals surface area contributed by atoms with Crippen molar-refractivity contribution in [3.63, 3.8) is 0 Å². The molecule has 0 saturated heterocycles. The van der Waals surface area contributed by atoms with Gasteiger partial charge in [-0.3, -0.25) is 4.79 Å². The third kappa shape index (κ3) is 3.99. The van der Waals surface area contributed by atoms with Crippen LogP contribution < -0.4 is 0 Å². The lowest BCUT2D eigenvalue weighted by Crippen LogP contribution is -2.30. The van der Waals surface area contributed by atoms with Crippen LogP contribution in [0.15, 0.2) is 12.2 Å². The summed E-state index contributed by atoms with van der Waals surface area (Å²) in [5.41, 5.74) is 0.400. The lowest BCUT2D eigenvalue weighted by Gasteiger charge is -2.22. The Morgan fingerprint density at radius 3 is 2.76 bits per heavy atom. The van der Waals surface area contributed by atoms with Crippen LogP contribution in [0, 0.1) is 5.92 Å². The highest BCUT2D eigenvalue weighted by atomic mass is 16.5. The summed E-state index contributed by atoms with van der Waals surface area (Å²) < 4.78 is 5.41. The molecule has 0 bridgehead atoms. The van der Waals surface area contributed by atoms with Crippen molar-refractivity contribution in [3.05, 3.63) is 12.2 Å². The zero-order chi connectivity index (χ0) is 12.8. The van der Waals surface area contributed by atoms with E-state index in [1.54, 1.807) is 6.92 Å². The van der Waals surface area contributed by atoms with Gasteiger partial charge in [0.15, 0.2) is 0 Å². The van der Waals surface area contributed by atoms with Crippen molar-refractivity contribution in [1.82, 2.24) is 0 Å². The molecule has 2 unspecified atom stereocenters. The molecule has 1 fully saturated rings. The molecule has 2 atom stereocenters. The minimum atomic E-state index is -0.370. The van der Waals surface area contributed by atoms with Crippen molar-refractivity contribution >= 4 is 11.8 Å². The second-order valence-corrected chi connectivity index (χ2v) is 4.83. The van der Waals surface area contributed by atoms with Gasteiger partial charge in [0.25, 0.3) is 0 Å². The Morgan fingerprint density at radius 1 is 1.59 bits per heavy atom. The molecule has 0 radical (unpaired) electrons. The summed E-state index contributed by atoms with van der Waals surface area (Å²) in [7, 11) is 0. The Morgan fingerprint density at radius 2 is 2.29 bits per heavy atom. The first-order chi connectivity index (χ1) is 8.06. The lowest BCUT2D eigenvalue weighted by molar-refractivity contribution is -0.149. The molecule has 0 amide bonds. The maximum Gasteiger partial charge on any atom is 0.333 e. The van der Waals surface area contributed by atoms with E-state index >= 15 is 0 Å². The van der Waals surface area contributed by atoms with Crippen molar-refractivity contribution in [2.75, 3.05) is 0 Å². The molecule has 0 aliphatic heterocycles. The number of carbonyl (C=O) groups is 2. The summed E-state index contributed by atoms with van der Waals surface area (Å²) in [6, 6.07) is 0. The standard InChI is InChI=1S/C14H22O3/c1-4-5-9-13(17-14(16)10(2)3)11-7-6-8-12(11)15/h11,13H,2,4-9H2,1,3H3. The first-order valence-electron chi connectivity index (χ1n) is 6.45. The van der Waals surface area contributed by atoms with Crippen LogP contribution >= 0.6 is 0 Å². The van der Waals surface area contributed by atoms with Gasteiger partial charge in [0.1, 0.15) is 11.9 Å².